The van der Waals surface area contributed by atoms with Crippen molar-refractivity contribution < 1.29 is 10.2 Å². The Morgan fingerprint density at radius 1 is 1.20 bits per heavy atom. The third kappa shape index (κ3) is 3.30. The van der Waals surface area contributed by atoms with Gasteiger partial charge in [0.25, 0.3) is 0 Å². The van der Waals surface area contributed by atoms with Crippen LogP contribution < -0.4 is 5.73 Å². The molecule has 3 nitrogen and oxygen atoms in total. The van der Waals surface area contributed by atoms with E-state index < -0.39 is 12.2 Å². The first-order chi connectivity index (χ1) is 7.19. The first-order valence-electron chi connectivity index (χ1n) is 5.34. The Balaban J connectivity index is 2.70. The zero-order valence-corrected chi connectivity index (χ0v) is 9.06. The quantitative estimate of drug-likeness (QED) is 0.677. The number of aryl methyl sites for hydroxylation is 1. The molecule has 84 valence electrons. The van der Waals surface area contributed by atoms with Crippen molar-refractivity contribution >= 4 is 0 Å². The number of aliphatic hydroxyl groups excluding tert-OH is 2. The number of hydrogen-bond donors (Lipinski definition) is 3. The monoisotopic (exact) mass is 209 g/mol. The summed E-state index contributed by atoms with van der Waals surface area (Å²) in [6, 6.07) is 7.64. The number of aliphatic hydroxyl groups is 2. The van der Waals surface area contributed by atoms with Crippen LogP contribution in [0.25, 0.3) is 0 Å². The van der Waals surface area contributed by atoms with Gasteiger partial charge in [-0.2, -0.15) is 0 Å². The van der Waals surface area contributed by atoms with E-state index >= 15 is 0 Å². The SMILES string of the molecule is CCCc1ccc(C(O)C(O)CN)cc1. The van der Waals surface area contributed by atoms with Gasteiger partial charge in [0.05, 0.1) is 6.10 Å². The molecule has 0 spiro atoms. The number of rotatable bonds is 5. The van der Waals surface area contributed by atoms with Crippen LogP contribution in [0, 0.1) is 0 Å². The van der Waals surface area contributed by atoms with E-state index in [1.165, 1.54) is 5.56 Å². The molecular formula is C12H19NO2. The number of hydrogen-bond acceptors (Lipinski definition) is 3. The van der Waals surface area contributed by atoms with E-state index in [9.17, 15) is 10.2 Å². The van der Waals surface area contributed by atoms with Gasteiger partial charge in [-0.05, 0) is 17.5 Å². The average Bonchev–Trinajstić information content (AvgIpc) is 2.28. The zero-order valence-electron chi connectivity index (χ0n) is 9.06. The van der Waals surface area contributed by atoms with Gasteiger partial charge >= 0.3 is 0 Å². The molecule has 0 radical (unpaired) electrons. The van der Waals surface area contributed by atoms with Crippen molar-refractivity contribution in [3.05, 3.63) is 35.4 Å². The van der Waals surface area contributed by atoms with Crippen LogP contribution in [-0.2, 0) is 6.42 Å². The molecule has 0 saturated heterocycles. The maximum Gasteiger partial charge on any atom is 0.106 e. The summed E-state index contributed by atoms with van der Waals surface area (Å²) < 4.78 is 0. The standard InChI is InChI=1S/C12H19NO2/c1-2-3-9-4-6-10(7-5-9)12(15)11(14)8-13/h4-7,11-12,14-15H,2-3,8,13H2,1H3. The van der Waals surface area contributed by atoms with E-state index in [1.54, 1.807) is 0 Å². The summed E-state index contributed by atoms with van der Waals surface area (Å²) in [6.45, 7) is 2.19. The van der Waals surface area contributed by atoms with E-state index in [1.807, 2.05) is 24.3 Å². The van der Waals surface area contributed by atoms with E-state index in [0.717, 1.165) is 12.8 Å². The van der Waals surface area contributed by atoms with Crippen LogP contribution in [0.15, 0.2) is 24.3 Å². The predicted molar refractivity (Wildman–Crippen MR) is 60.5 cm³/mol. The molecule has 4 N–H and O–H groups in total. The summed E-state index contributed by atoms with van der Waals surface area (Å²) in [6.07, 6.45) is 0.371. The van der Waals surface area contributed by atoms with Crippen molar-refractivity contribution in [1.82, 2.24) is 0 Å². The normalized spacial score (nSPS) is 14.9. The largest absolute Gasteiger partial charge is 0.389 e. The zero-order chi connectivity index (χ0) is 11.3. The molecule has 0 bridgehead atoms. The molecule has 2 atom stereocenters. The highest BCUT2D eigenvalue weighted by atomic mass is 16.3. The minimum absolute atomic E-state index is 0.0673. The Kier molecular flexibility index (Phi) is 4.75. The van der Waals surface area contributed by atoms with Gasteiger partial charge in [0.15, 0.2) is 0 Å². The highest BCUT2D eigenvalue weighted by Gasteiger charge is 2.16. The van der Waals surface area contributed by atoms with Crippen molar-refractivity contribution in [1.29, 1.82) is 0 Å². The van der Waals surface area contributed by atoms with Crippen molar-refractivity contribution in [2.24, 2.45) is 5.73 Å². The Bertz CT molecular complexity index is 284. The van der Waals surface area contributed by atoms with Crippen LogP contribution in [0.5, 0.6) is 0 Å². The predicted octanol–water partition coefficient (Wildman–Crippen LogP) is 0.992. The fourth-order valence-corrected chi connectivity index (χ4v) is 1.52. The Hall–Kier alpha value is -0.900. The molecule has 1 aromatic carbocycles. The molecule has 0 aliphatic heterocycles. The fourth-order valence-electron chi connectivity index (χ4n) is 1.52. The highest BCUT2D eigenvalue weighted by Crippen LogP contribution is 2.17. The summed E-state index contributed by atoms with van der Waals surface area (Å²) in [4.78, 5) is 0. The summed E-state index contributed by atoms with van der Waals surface area (Å²) in [7, 11) is 0. The van der Waals surface area contributed by atoms with Gasteiger partial charge in [-0.25, -0.2) is 0 Å². The molecule has 0 fully saturated rings. The lowest BCUT2D eigenvalue weighted by Crippen LogP contribution is -2.27. The van der Waals surface area contributed by atoms with Crippen LogP contribution in [0.1, 0.15) is 30.6 Å². The summed E-state index contributed by atoms with van der Waals surface area (Å²) in [5.74, 6) is 0. The van der Waals surface area contributed by atoms with Gasteiger partial charge in [-0.1, -0.05) is 37.6 Å². The van der Waals surface area contributed by atoms with E-state index in [4.69, 9.17) is 5.73 Å². The second-order valence-corrected chi connectivity index (χ2v) is 3.74. The van der Waals surface area contributed by atoms with E-state index in [2.05, 4.69) is 6.92 Å². The number of nitrogens with two attached hydrogens (primary N) is 1. The lowest BCUT2D eigenvalue weighted by atomic mass is 10.0. The van der Waals surface area contributed by atoms with E-state index in [0.29, 0.717) is 5.56 Å². The minimum Gasteiger partial charge on any atom is -0.389 e. The second-order valence-electron chi connectivity index (χ2n) is 3.74. The van der Waals surface area contributed by atoms with Gasteiger partial charge < -0.3 is 15.9 Å². The lowest BCUT2D eigenvalue weighted by Gasteiger charge is -2.16. The minimum atomic E-state index is -0.887. The van der Waals surface area contributed by atoms with Crippen molar-refractivity contribution in [3.63, 3.8) is 0 Å². The van der Waals surface area contributed by atoms with Gasteiger partial charge in [-0.15, -0.1) is 0 Å². The van der Waals surface area contributed by atoms with Crippen molar-refractivity contribution in [3.8, 4) is 0 Å². The highest BCUT2D eigenvalue weighted by molar-refractivity contribution is 5.24. The van der Waals surface area contributed by atoms with Crippen LogP contribution in [0.2, 0.25) is 0 Å². The van der Waals surface area contributed by atoms with Crippen LogP contribution in [-0.4, -0.2) is 22.9 Å². The first kappa shape index (κ1) is 12.2. The van der Waals surface area contributed by atoms with Crippen LogP contribution in [0.3, 0.4) is 0 Å². The lowest BCUT2D eigenvalue weighted by molar-refractivity contribution is 0.0243. The Morgan fingerprint density at radius 3 is 2.27 bits per heavy atom. The third-order valence-electron chi connectivity index (χ3n) is 2.47. The molecule has 0 saturated carbocycles. The van der Waals surface area contributed by atoms with E-state index in [-0.39, 0.29) is 6.54 Å². The van der Waals surface area contributed by atoms with Gasteiger partial charge in [0.1, 0.15) is 6.10 Å². The number of benzene rings is 1. The van der Waals surface area contributed by atoms with Gasteiger partial charge in [-0.3, -0.25) is 0 Å². The van der Waals surface area contributed by atoms with Crippen LogP contribution >= 0.6 is 0 Å². The topological polar surface area (TPSA) is 66.5 Å². The summed E-state index contributed by atoms with van der Waals surface area (Å²) in [5.41, 5.74) is 7.24. The van der Waals surface area contributed by atoms with Crippen molar-refractivity contribution in [2.45, 2.75) is 32.0 Å². The molecule has 0 aromatic heterocycles. The summed E-state index contributed by atoms with van der Waals surface area (Å²) in [5, 5.41) is 19.1. The Labute approximate surface area is 90.5 Å². The molecular weight excluding hydrogens is 190 g/mol. The molecule has 1 aromatic rings. The molecule has 3 heteroatoms. The average molecular weight is 209 g/mol. The first-order valence-corrected chi connectivity index (χ1v) is 5.34. The maximum atomic E-state index is 9.68. The molecule has 0 aliphatic rings. The molecule has 1 rings (SSSR count). The second kappa shape index (κ2) is 5.85. The van der Waals surface area contributed by atoms with Gasteiger partial charge in [0, 0.05) is 6.54 Å². The fraction of sp³-hybridized carbons (Fsp3) is 0.500. The smallest absolute Gasteiger partial charge is 0.106 e. The molecule has 15 heavy (non-hydrogen) atoms. The Morgan fingerprint density at radius 2 is 1.80 bits per heavy atom. The molecule has 2 unspecified atom stereocenters. The maximum absolute atomic E-state index is 9.68. The summed E-state index contributed by atoms with van der Waals surface area (Å²) >= 11 is 0. The van der Waals surface area contributed by atoms with Crippen LogP contribution in [0.4, 0.5) is 0 Å². The molecule has 0 heterocycles. The molecule has 0 amide bonds. The third-order valence-corrected chi connectivity index (χ3v) is 2.47. The van der Waals surface area contributed by atoms with Crippen molar-refractivity contribution in [2.75, 3.05) is 6.54 Å². The molecule has 0 aliphatic carbocycles. The van der Waals surface area contributed by atoms with Gasteiger partial charge in [0.2, 0.25) is 0 Å².